The van der Waals surface area contributed by atoms with E-state index in [1.807, 2.05) is 0 Å². The lowest BCUT2D eigenvalue weighted by Crippen LogP contribution is -2.60. The smallest absolute Gasteiger partial charge is 0.387 e. The van der Waals surface area contributed by atoms with E-state index in [0.717, 1.165) is 9.63 Å². The third-order valence-corrected chi connectivity index (χ3v) is 10.7. The SMILES string of the molecule is CC1(C)CC(Nc2nc(N=[N+]=[N-])nc3c2ncn3[C@@H]2O[C@H](COP(=O)(O)OP(=O)(O)OP(=O)(O)O)[C@@H](O)[C@H]2O)CC(C)(C)N1[O]. The molecule has 0 amide bonds. The number of piperidine rings is 1. The first-order valence-electron chi connectivity index (χ1n) is 12.9. The van der Waals surface area contributed by atoms with Crippen LogP contribution in [0.5, 0.6) is 0 Å². The zero-order valence-corrected chi connectivity index (χ0v) is 26.6. The second-order valence-electron chi connectivity index (χ2n) is 11.5. The Labute approximate surface area is 253 Å². The first-order valence-corrected chi connectivity index (χ1v) is 17.4. The van der Waals surface area contributed by atoms with Gasteiger partial charge in [0.2, 0.25) is 5.95 Å². The number of azide groups is 1. The number of nitrogens with one attached hydrogen (secondary N) is 1. The Kier molecular flexibility index (Phi) is 9.90. The highest BCUT2D eigenvalue weighted by Crippen LogP contribution is 2.66. The largest absolute Gasteiger partial charge is 0.490 e. The number of anilines is 1. The predicted molar refractivity (Wildman–Crippen MR) is 147 cm³/mol. The van der Waals surface area contributed by atoms with E-state index >= 15 is 0 Å². The highest BCUT2D eigenvalue weighted by molar-refractivity contribution is 7.66. The molecule has 2 saturated heterocycles. The van der Waals surface area contributed by atoms with Crippen molar-refractivity contribution in [3.05, 3.63) is 16.8 Å². The van der Waals surface area contributed by atoms with Crippen molar-refractivity contribution in [3.8, 4) is 0 Å². The average Bonchev–Trinajstić information content (AvgIpc) is 3.40. The summed E-state index contributed by atoms with van der Waals surface area (Å²) >= 11 is 0. The number of aliphatic hydroxyl groups excluding tert-OH is 2. The van der Waals surface area contributed by atoms with Gasteiger partial charge < -0.3 is 39.8 Å². The second kappa shape index (κ2) is 12.5. The van der Waals surface area contributed by atoms with Crippen molar-refractivity contribution < 1.29 is 66.6 Å². The molecule has 0 saturated carbocycles. The maximum atomic E-state index is 12.8. The molecule has 4 rings (SSSR count). The first-order chi connectivity index (χ1) is 20.5. The fourth-order valence-corrected chi connectivity index (χ4v) is 8.43. The van der Waals surface area contributed by atoms with Gasteiger partial charge in [-0.25, -0.2) is 28.6 Å². The quantitative estimate of drug-likeness (QED) is 0.0754. The maximum absolute atomic E-state index is 12.8. The molecule has 26 heteroatoms. The average molecular weight is 702 g/mol. The lowest BCUT2D eigenvalue weighted by molar-refractivity contribution is -0.288. The minimum atomic E-state index is -5.79. The number of imidazole rings is 1. The minimum absolute atomic E-state index is 0.0283. The molecular weight excluding hydrogens is 671 g/mol. The fourth-order valence-electron chi connectivity index (χ4n) is 5.40. The van der Waals surface area contributed by atoms with Gasteiger partial charge in [0.15, 0.2) is 23.2 Å². The molecule has 2 aliphatic heterocycles. The monoisotopic (exact) mass is 702 g/mol. The third-order valence-electron chi connectivity index (χ3n) is 6.91. The van der Waals surface area contributed by atoms with Crippen molar-refractivity contribution in [1.29, 1.82) is 0 Å². The summed E-state index contributed by atoms with van der Waals surface area (Å²) in [6, 6.07) is -0.281. The predicted octanol–water partition coefficient (Wildman–Crippen LogP) is 1.51. The van der Waals surface area contributed by atoms with E-state index in [4.69, 9.17) is 20.1 Å². The van der Waals surface area contributed by atoms with E-state index in [1.54, 1.807) is 27.7 Å². The van der Waals surface area contributed by atoms with Gasteiger partial charge in [-0.2, -0.15) is 8.62 Å². The Balaban J connectivity index is 1.57. The summed E-state index contributed by atoms with van der Waals surface area (Å²) in [7, 11) is -17.0. The summed E-state index contributed by atoms with van der Waals surface area (Å²) in [4.78, 5) is 51.7. The van der Waals surface area contributed by atoms with E-state index in [-0.39, 0.29) is 29.0 Å². The van der Waals surface area contributed by atoms with Crippen LogP contribution in [0.25, 0.3) is 21.6 Å². The molecular formula is C19H31N9O14P3. The second-order valence-corrected chi connectivity index (χ2v) is 15.9. The van der Waals surface area contributed by atoms with Gasteiger partial charge in [0.25, 0.3) is 0 Å². The molecule has 2 aliphatic rings. The van der Waals surface area contributed by atoms with Crippen molar-refractivity contribution in [2.24, 2.45) is 5.11 Å². The Morgan fingerprint density at radius 3 is 2.27 bits per heavy atom. The molecule has 2 fully saturated rings. The van der Waals surface area contributed by atoms with Crippen LogP contribution in [0.2, 0.25) is 0 Å². The van der Waals surface area contributed by atoms with Crippen molar-refractivity contribution in [1.82, 2.24) is 24.6 Å². The summed E-state index contributed by atoms with van der Waals surface area (Å²) in [5.41, 5.74) is 7.64. The maximum Gasteiger partial charge on any atom is 0.490 e. The van der Waals surface area contributed by atoms with E-state index in [0.29, 0.717) is 12.8 Å². The number of aliphatic hydroxyl groups is 2. The van der Waals surface area contributed by atoms with E-state index in [9.17, 15) is 38.9 Å². The highest BCUT2D eigenvalue weighted by Gasteiger charge is 2.48. The lowest BCUT2D eigenvalue weighted by Gasteiger charge is -2.50. The van der Waals surface area contributed by atoms with Gasteiger partial charge in [0.05, 0.1) is 12.9 Å². The van der Waals surface area contributed by atoms with Crippen LogP contribution in [-0.4, -0.2) is 96.4 Å². The van der Waals surface area contributed by atoms with Crippen molar-refractivity contribution in [2.75, 3.05) is 11.9 Å². The summed E-state index contributed by atoms with van der Waals surface area (Å²) < 4.78 is 53.0. The number of hydroxylamine groups is 2. The molecule has 0 spiro atoms. The van der Waals surface area contributed by atoms with Crippen LogP contribution >= 0.6 is 23.5 Å². The number of ether oxygens (including phenoxy) is 1. The molecule has 2 unspecified atom stereocenters. The molecule has 0 aliphatic carbocycles. The summed E-state index contributed by atoms with van der Waals surface area (Å²) in [6.45, 7) is 6.17. The Morgan fingerprint density at radius 1 is 1.07 bits per heavy atom. The number of hydrogen-bond donors (Lipinski definition) is 7. The summed E-state index contributed by atoms with van der Waals surface area (Å²) in [5, 5.41) is 41.8. The molecule has 2 aromatic rings. The van der Waals surface area contributed by atoms with Crippen LogP contribution in [0.4, 0.5) is 11.8 Å². The van der Waals surface area contributed by atoms with Gasteiger partial charge in [0.1, 0.15) is 18.3 Å². The number of phosphoric ester groups is 1. The molecule has 45 heavy (non-hydrogen) atoms. The first kappa shape index (κ1) is 35.7. The van der Waals surface area contributed by atoms with Gasteiger partial charge in [-0.05, 0) is 51.2 Å². The van der Waals surface area contributed by atoms with Crippen LogP contribution in [0.3, 0.4) is 0 Å². The Bertz CT molecular complexity index is 1610. The molecule has 1 radical (unpaired) electrons. The number of nitrogens with zero attached hydrogens (tertiary/aromatic N) is 8. The molecule has 23 nitrogen and oxygen atoms in total. The number of hydrogen-bond acceptors (Lipinski definition) is 15. The van der Waals surface area contributed by atoms with Crippen LogP contribution in [-0.2, 0) is 36.8 Å². The molecule has 6 atom stereocenters. The van der Waals surface area contributed by atoms with Gasteiger partial charge in [-0.3, -0.25) is 9.09 Å². The highest BCUT2D eigenvalue weighted by atomic mass is 31.3. The molecule has 251 valence electrons. The minimum Gasteiger partial charge on any atom is -0.387 e. The summed E-state index contributed by atoms with van der Waals surface area (Å²) in [5.74, 6) is -0.208. The van der Waals surface area contributed by atoms with Crippen LogP contribution in [0.15, 0.2) is 11.4 Å². The van der Waals surface area contributed by atoms with Gasteiger partial charge >= 0.3 is 23.5 Å². The number of phosphoric acid groups is 3. The normalized spacial score (nSPS) is 28.3. The number of aromatic nitrogens is 4. The molecule has 4 heterocycles. The van der Waals surface area contributed by atoms with Gasteiger partial charge in [-0.1, -0.05) is 0 Å². The van der Waals surface area contributed by atoms with Crippen LogP contribution in [0.1, 0.15) is 46.8 Å². The van der Waals surface area contributed by atoms with E-state index in [1.165, 1.54) is 6.33 Å². The fraction of sp³-hybridized carbons (Fsp3) is 0.737. The van der Waals surface area contributed by atoms with Gasteiger partial charge in [-0.15, -0.1) is 10.3 Å². The summed E-state index contributed by atoms with van der Waals surface area (Å²) in [6.07, 6.45) is -4.59. The zero-order valence-electron chi connectivity index (χ0n) is 24.0. The lowest BCUT2D eigenvalue weighted by atomic mass is 9.79. The van der Waals surface area contributed by atoms with E-state index < -0.39 is 65.7 Å². The number of rotatable bonds is 11. The zero-order chi connectivity index (χ0) is 33.8. The standard InChI is InChI=1S/C19H31N9O14P3/c1-18(2)5-9(6-19(3,4)28(18)31)22-14-11-15(24-17(23-14)25-26-20)27(8-21-11)16-13(30)12(29)10(40-16)7-39-44(35,36)42-45(37,38)41-43(32,33)34/h8-10,12-13,16,29-30H,5-7H2,1-4H3,(H,35,36)(H,37,38)(H,22,23,24)(H2,32,33,34)/t10-,12-,13-,16-/m1/s1. The molecule has 2 aromatic heterocycles. The van der Waals surface area contributed by atoms with Crippen LogP contribution < -0.4 is 5.32 Å². The molecule has 0 bridgehead atoms. The van der Waals surface area contributed by atoms with Gasteiger partial charge in [0, 0.05) is 22.0 Å². The van der Waals surface area contributed by atoms with Crippen molar-refractivity contribution >= 4 is 46.4 Å². The molecule has 7 N–H and O–H groups in total. The molecule has 0 aromatic carbocycles. The number of fused-ring (bicyclic) bond motifs is 1. The Morgan fingerprint density at radius 2 is 1.69 bits per heavy atom. The van der Waals surface area contributed by atoms with Crippen molar-refractivity contribution in [3.63, 3.8) is 0 Å². The Hall–Kier alpha value is -2.13. The third kappa shape index (κ3) is 8.24. The van der Waals surface area contributed by atoms with Crippen molar-refractivity contribution in [2.45, 2.75) is 82.2 Å². The topological polar surface area (TPSA) is 337 Å². The van der Waals surface area contributed by atoms with Crippen LogP contribution in [0, 0.1) is 0 Å². The van der Waals surface area contributed by atoms with E-state index in [2.05, 4.69) is 43.4 Å².